The van der Waals surface area contributed by atoms with Crippen molar-refractivity contribution < 1.29 is 33.7 Å². The number of ketones is 2. The van der Waals surface area contributed by atoms with Crippen molar-refractivity contribution in [1.82, 2.24) is 4.98 Å². The molecule has 9 nitrogen and oxygen atoms in total. The minimum Gasteiger partial charge on any atom is -0.504 e. The van der Waals surface area contributed by atoms with E-state index in [0.717, 1.165) is 12.8 Å². The van der Waals surface area contributed by atoms with Crippen LogP contribution in [-0.2, 0) is 11.2 Å². The lowest BCUT2D eigenvalue weighted by Crippen LogP contribution is -2.31. The van der Waals surface area contributed by atoms with E-state index in [0.29, 0.717) is 12.0 Å². The molecule has 0 fully saturated rings. The van der Waals surface area contributed by atoms with Crippen LogP contribution in [0.1, 0.15) is 74.6 Å². The zero-order chi connectivity index (χ0) is 22.9. The number of esters is 1. The third kappa shape index (κ3) is 3.45. The minimum absolute atomic E-state index is 0.0125. The van der Waals surface area contributed by atoms with Crippen LogP contribution in [0.4, 0.5) is 0 Å². The zero-order valence-electron chi connectivity index (χ0n) is 17.7. The maximum Gasteiger partial charge on any atom is 0.342 e. The van der Waals surface area contributed by atoms with Gasteiger partial charge in [0.25, 0.3) is 5.56 Å². The number of phenolic OH excluding ortho intramolecular Hbond substituents is 1. The maximum atomic E-state index is 13.5. The number of benzene rings is 1. The molecular formula is C22H23NO8. The van der Waals surface area contributed by atoms with E-state index in [1.54, 1.807) is 6.92 Å². The summed E-state index contributed by atoms with van der Waals surface area (Å²) in [5, 5.41) is 10.8. The smallest absolute Gasteiger partial charge is 0.342 e. The van der Waals surface area contributed by atoms with E-state index >= 15 is 0 Å². The van der Waals surface area contributed by atoms with Gasteiger partial charge in [-0.1, -0.05) is 13.3 Å². The Kier molecular flexibility index (Phi) is 6.14. The van der Waals surface area contributed by atoms with Crippen LogP contribution in [-0.4, -0.2) is 48.5 Å². The molecule has 0 unspecified atom stereocenters. The Hall–Kier alpha value is -3.62. The number of rotatable bonds is 7. The number of unbranched alkanes of at least 4 members (excludes halogenated alkanes) is 1. The van der Waals surface area contributed by atoms with E-state index in [4.69, 9.17) is 14.2 Å². The first-order valence-corrected chi connectivity index (χ1v) is 9.85. The van der Waals surface area contributed by atoms with E-state index in [2.05, 4.69) is 4.98 Å². The normalized spacial score (nSPS) is 12.3. The average Bonchev–Trinajstić information content (AvgIpc) is 2.74. The van der Waals surface area contributed by atoms with Crippen LogP contribution in [0.15, 0.2) is 10.9 Å². The van der Waals surface area contributed by atoms with Crippen LogP contribution in [0.5, 0.6) is 17.2 Å². The Morgan fingerprint density at radius 2 is 1.71 bits per heavy atom. The summed E-state index contributed by atoms with van der Waals surface area (Å²) in [6, 6.07) is 1.49. The number of hydrogen-bond acceptors (Lipinski definition) is 8. The second-order valence-corrected chi connectivity index (χ2v) is 6.93. The number of aromatic amines is 1. The van der Waals surface area contributed by atoms with Gasteiger partial charge in [0.2, 0.25) is 5.78 Å². The van der Waals surface area contributed by atoms with Crippen molar-refractivity contribution in [3.8, 4) is 17.2 Å². The molecule has 164 valence electrons. The summed E-state index contributed by atoms with van der Waals surface area (Å²) in [5.41, 5.74) is -1.84. The van der Waals surface area contributed by atoms with Gasteiger partial charge in [0.05, 0.1) is 32.0 Å². The van der Waals surface area contributed by atoms with Gasteiger partial charge in [0.1, 0.15) is 11.3 Å². The summed E-state index contributed by atoms with van der Waals surface area (Å²) in [5.74, 6) is -3.30. The first kappa shape index (κ1) is 22.1. The van der Waals surface area contributed by atoms with Gasteiger partial charge >= 0.3 is 5.97 Å². The van der Waals surface area contributed by atoms with Crippen LogP contribution in [0.3, 0.4) is 0 Å². The third-order valence-corrected chi connectivity index (χ3v) is 5.12. The number of carbonyl (C=O) groups is 3. The Balaban J connectivity index is 2.36. The number of pyridine rings is 1. The standard InChI is InChI=1S/C22H23NO8/c1-5-7-8-10-9-11-12(18(26)19(10)29-3)17(25)15-13(16(11)24)14(22(28)31-6-2)20(30-4)21(27)23-15/h9,26H,5-8H2,1-4H3,(H,23,27). The number of methoxy groups -OCH3 is 2. The molecule has 0 saturated heterocycles. The second kappa shape index (κ2) is 8.63. The summed E-state index contributed by atoms with van der Waals surface area (Å²) in [7, 11) is 2.52. The molecule has 0 atom stereocenters. The number of aryl methyl sites for hydroxylation is 1. The molecular weight excluding hydrogens is 406 g/mol. The number of hydrogen-bond donors (Lipinski definition) is 2. The Morgan fingerprint density at radius 1 is 1.03 bits per heavy atom. The predicted molar refractivity (Wildman–Crippen MR) is 110 cm³/mol. The largest absolute Gasteiger partial charge is 0.504 e. The molecule has 0 saturated carbocycles. The molecule has 0 amide bonds. The molecule has 0 bridgehead atoms. The van der Waals surface area contributed by atoms with Crippen LogP contribution >= 0.6 is 0 Å². The van der Waals surface area contributed by atoms with Gasteiger partial charge in [-0.2, -0.15) is 0 Å². The molecule has 3 rings (SSSR count). The first-order valence-electron chi connectivity index (χ1n) is 9.85. The highest BCUT2D eigenvalue weighted by Gasteiger charge is 2.40. The highest BCUT2D eigenvalue weighted by molar-refractivity contribution is 6.31. The van der Waals surface area contributed by atoms with E-state index in [-0.39, 0.29) is 29.0 Å². The lowest BCUT2D eigenvalue weighted by Gasteiger charge is -2.23. The van der Waals surface area contributed by atoms with Gasteiger partial charge in [0, 0.05) is 5.56 Å². The average molecular weight is 429 g/mol. The quantitative estimate of drug-likeness (QED) is 0.547. The third-order valence-electron chi connectivity index (χ3n) is 5.12. The summed E-state index contributed by atoms with van der Waals surface area (Å²) in [6.45, 7) is 3.54. The lowest BCUT2D eigenvalue weighted by atomic mass is 9.82. The van der Waals surface area contributed by atoms with Crippen LogP contribution in [0, 0.1) is 0 Å². The van der Waals surface area contributed by atoms with Crippen molar-refractivity contribution in [2.24, 2.45) is 0 Å². The Bertz CT molecular complexity index is 1150. The van der Waals surface area contributed by atoms with Crippen molar-refractivity contribution >= 4 is 17.5 Å². The number of aromatic hydroxyl groups is 1. The summed E-state index contributed by atoms with van der Waals surface area (Å²) < 4.78 is 15.3. The molecule has 1 aliphatic carbocycles. The SMILES string of the molecule is CCCCc1cc2c(c(O)c1OC)C(=O)c1[nH]c(=O)c(OC)c(C(=O)OCC)c1C2=O. The molecule has 31 heavy (non-hydrogen) atoms. The van der Waals surface area contributed by atoms with Gasteiger partial charge in [-0.15, -0.1) is 0 Å². The summed E-state index contributed by atoms with van der Waals surface area (Å²) in [4.78, 5) is 54.0. The first-order chi connectivity index (χ1) is 14.8. The molecule has 1 aromatic carbocycles. The number of ether oxygens (including phenoxy) is 3. The number of H-pyrrole nitrogens is 1. The van der Waals surface area contributed by atoms with E-state index in [1.807, 2.05) is 6.92 Å². The topological polar surface area (TPSA) is 132 Å². The number of carbonyl (C=O) groups excluding carboxylic acids is 3. The monoisotopic (exact) mass is 429 g/mol. The van der Waals surface area contributed by atoms with Crippen molar-refractivity contribution in [2.45, 2.75) is 33.1 Å². The predicted octanol–water partition coefficient (Wildman–Crippen LogP) is 2.39. The highest BCUT2D eigenvalue weighted by Crippen LogP contribution is 2.42. The summed E-state index contributed by atoms with van der Waals surface area (Å²) >= 11 is 0. The number of nitrogens with one attached hydrogen (secondary N) is 1. The summed E-state index contributed by atoms with van der Waals surface area (Å²) in [6.07, 6.45) is 2.14. The van der Waals surface area contributed by atoms with Gasteiger partial charge in [0.15, 0.2) is 23.0 Å². The molecule has 0 radical (unpaired) electrons. The van der Waals surface area contributed by atoms with Crippen molar-refractivity contribution in [3.05, 3.63) is 49.9 Å². The van der Waals surface area contributed by atoms with Crippen LogP contribution in [0.2, 0.25) is 0 Å². The van der Waals surface area contributed by atoms with Crippen molar-refractivity contribution in [3.63, 3.8) is 0 Å². The van der Waals surface area contributed by atoms with Crippen LogP contribution < -0.4 is 15.0 Å². The molecule has 2 aromatic rings. The highest BCUT2D eigenvalue weighted by atomic mass is 16.5. The minimum atomic E-state index is -0.963. The maximum absolute atomic E-state index is 13.5. The number of fused-ring (bicyclic) bond motifs is 2. The lowest BCUT2D eigenvalue weighted by molar-refractivity contribution is 0.0519. The zero-order valence-corrected chi connectivity index (χ0v) is 17.7. The van der Waals surface area contributed by atoms with Gasteiger partial charge < -0.3 is 24.3 Å². The molecule has 9 heteroatoms. The second-order valence-electron chi connectivity index (χ2n) is 6.93. The Labute approximate surface area is 177 Å². The van der Waals surface area contributed by atoms with Crippen molar-refractivity contribution in [1.29, 1.82) is 0 Å². The van der Waals surface area contributed by atoms with Crippen LogP contribution in [0.25, 0.3) is 0 Å². The van der Waals surface area contributed by atoms with Gasteiger partial charge in [-0.05, 0) is 31.4 Å². The molecule has 1 aliphatic rings. The molecule has 1 aromatic heterocycles. The molecule has 0 spiro atoms. The fourth-order valence-corrected chi connectivity index (χ4v) is 3.73. The van der Waals surface area contributed by atoms with E-state index < -0.39 is 45.9 Å². The molecule has 2 N–H and O–H groups in total. The fourth-order valence-electron chi connectivity index (χ4n) is 3.73. The van der Waals surface area contributed by atoms with Gasteiger partial charge in [-0.3, -0.25) is 14.4 Å². The van der Waals surface area contributed by atoms with Gasteiger partial charge in [-0.25, -0.2) is 4.79 Å². The fraction of sp³-hybridized carbons (Fsp3) is 0.364. The Morgan fingerprint density at radius 3 is 2.29 bits per heavy atom. The molecule has 1 heterocycles. The van der Waals surface area contributed by atoms with Crippen molar-refractivity contribution in [2.75, 3.05) is 20.8 Å². The molecule has 0 aliphatic heterocycles. The number of aromatic nitrogens is 1. The van der Waals surface area contributed by atoms with E-state index in [9.17, 15) is 24.3 Å². The van der Waals surface area contributed by atoms with E-state index in [1.165, 1.54) is 20.3 Å². The number of phenols is 1.